The van der Waals surface area contributed by atoms with Gasteiger partial charge >= 0.3 is 0 Å². The molecule has 1 aliphatic carbocycles. The van der Waals surface area contributed by atoms with Gasteiger partial charge in [0, 0.05) is 5.56 Å². The smallest absolute Gasteiger partial charge is 0.151 e. The van der Waals surface area contributed by atoms with Crippen LogP contribution in [0.1, 0.15) is 34.7 Å². The van der Waals surface area contributed by atoms with Crippen LogP contribution in [0.5, 0.6) is 0 Å². The van der Waals surface area contributed by atoms with Crippen molar-refractivity contribution >= 4 is 17.9 Å². The van der Waals surface area contributed by atoms with E-state index in [-0.39, 0.29) is 0 Å². The largest absolute Gasteiger partial charge is 0.298 e. The van der Waals surface area contributed by atoms with E-state index in [0.717, 1.165) is 6.29 Å². The first kappa shape index (κ1) is 7.81. The van der Waals surface area contributed by atoms with Gasteiger partial charge in [0.2, 0.25) is 0 Å². The molecule has 1 aliphatic rings. The number of benzene rings is 1. The van der Waals surface area contributed by atoms with Crippen LogP contribution < -0.4 is 0 Å². The monoisotopic (exact) mass is 180 g/mol. The van der Waals surface area contributed by atoms with Crippen molar-refractivity contribution < 1.29 is 4.79 Å². The highest BCUT2D eigenvalue weighted by Crippen LogP contribution is 2.40. The summed E-state index contributed by atoms with van der Waals surface area (Å²) in [6, 6.07) is 5.71. The van der Waals surface area contributed by atoms with Gasteiger partial charge < -0.3 is 0 Å². The molecule has 0 heterocycles. The summed E-state index contributed by atoms with van der Waals surface area (Å²) >= 11 is 5.79. The molecule has 1 fully saturated rings. The van der Waals surface area contributed by atoms with Crippen molar-refractivity contribution in [2.24, 2.45) is 0 Å². The number of carbonyl (C=O) groups excluding carboxylic acids is 1. The quantitative estimate of drug-likeness (QED) is 0.640. The first-order valence-electron chi connectivity index (χ1n) is 4.06. The summed E-state index contributed by atoms with van der Waals surface area (Å²) in [6.07, 6.45) is 3.31. The van der Waals surface area contributed by atoms with Gasteiger partial charge in [-0.2, -0.15) is 0 Å². The molecule has 1 saturated carbocycles. The van der Waals surface area contributed by atoms with E-state index in [1.165, 1.54) is 18.4 Å². The highest BCUT2D eigenvalue weighted by atomic mass is 35.5. The van der Waals surface area contributed by atoms with E-state index in [2.05, 4.69) is 0 Å². The molecule has 0 aromatic heterocycles. The fourth-order valence-corrected chi connectivity index (χ4v) is 1.49. The van der Waals surface area contributed by atoms with Crippen LogP contribution in [-0.2, 0) is 0 Å². The summed E-state index contributed by atoms with van der Waals surface area (Å²) in [6.45, 7) is 0. The maximum Gasteiger partial charge on any atom is 0.151 e. The van der Waals surface area contributed by atoms with E-state index in [0.29, 0.717) is 16.5 Å². The zero-order valence-electron chi connectivity index (χ0n) is 6.59. The Kier molecular flexibility index (Phi) is 1.89. The standard InChI is InChI=1S/C10H9ClO/c11-10-4-3-8(7-1-2-7)5-9(10)6-12/h3-7H,1-2H2. The van der Waals surface area contributed by atoms with Crippen LogP contribution in [-0.4, -0.2) is 6.29 Å². The number of carbonyl (C=O) groups is 1. The van der Waals surface area contributed by atoms with Gasteiger partial charge in [-0.15, -0.1) is 0 Å². The van der Waals surface area contributed by atoms with Gasteiger partial charge in [-0.3, -0.25) is 4.79 Å². The van der Waals surface area contributed by atoms with Gasteiger partial charge in [-0.1, -0.05) is 17.7 Å². The van der Waals surface area contributed by atoms with Gasteiger partial charge in [0.25, 0.3) is 0 Å². The van der Waals surface area contributed by atoms with Gasteiger partial charge in [-0.25, -0.2) is 0 Å². The highest BCUT2D eigenvalue weighted by Gasteiger charge is 2.23. The average Bonchev–Trinajstić information content (AvgIpc) is 2.88. The molecular formula is C10H9ClO. The van der Waals surface area contributed by atoms with Crippen LogP contribution >= 0.6 is 11.6 Å². The Balaban J connectivity index is 2.39. The summed E-state index contributed by atoms with van der Waals surface area (Å²) in [5.41, 5.74) is 1.86. The maximum atomic E-state index is 10.5. The molecule has 0 bridgehead atoms. The lowest BCUT2D eigenvalue weighted by atomic mass is 10.1. The maximum absolute atomic E-state index is 10.5. The van der Waals surface area contributed by atoms with Crippen molar-refractivity contribution in [2.75, 3.05) is 0 Å². The first-order chi connectivity index (χ1) is 5.81. The third-order valence-electron chi connectivity index (χ3n) is 2.20. The fraction of sp³-hybridized carbons (Fsp3) is 0.300. The third kappa shape index (κ3) is 1.37. The molecule has 1 nitrogen and oxygen atoms in total. The third-order valence-corrected chi connectivity index (χ3v) is 2.54. The summed E-state index contributed by atoms with van der Waals surface area (Å²) in [5.74, 6) is 0.681. The molecule has 0 N–H and O–H groups in total. The number of hydrogen-bond donors (Lipinski definition) is 0. The lowest BCUT2D eigenvalue weighted by Crippen LogP contribution is -1.85. The number of aldehydes is 1. The lowest BCUT2D eigenvalue weighted by Gasteiger charge is -2.00. The molecule has 0 amide bonds. The predicted molar refractivity (Wildman–Crippen MR) is 48.8 cm³/mol. The number of halogens is 1. The predicted octanol–water partition coefficient (Wildman–Crippen LogP) is 3.03. The zero-order valence-corrected chi connectivity index (χ0v) is 7.34. The van der Waals surface area contributed by atoms with Gasteiger partial charge in [0.05, 0.1) is 5.02 Å². The molecule has 1 aromatic rings. The van der Waals surface area contributed by atoms with Gasteiger partial charge in [0.1, 0.15) is 0 Å². The summed E-state index contributed by atoms with van der Waals surface area (Å²) in [5, 5.41) is 0.550. The average molecular weight is 181 g/mol. The first-order valence-corrected chi connectivity index (χ1v) is 4.43. The Bertz CT molecular complexity index is 316. The zero-order chi connectivity index (χ0) is 8.55. The topological polar surface area (TPSA) is 17.1 Å². The Morgan fingerprint density at radius 2 is 2.17 bits per heavy atom. The van der Waals surface area contributed by atoms with E-state index in [9.17, 15) is 4.79 Å². The van der Waals surface area contributed by atoms with E-state index < -0.39 is 0 Å². The van der Waals surface area contributed by atoms with Crippen LogP contribution in [0.2, 0.25) is 5.02 Å². The minimum atomic E-state index is 0.550. The van der Waals surface area contributed by atoms with E-state index >= 15 is 0 Å². The number of rotatable bonds is 2. The van der Waals surface area contributed by atoms with Crippen molar-refractivity contribution in [3.05, 3.63) is 34.3 Å². The minimum Gasteiger partial charge on any atom is -0.298 e. The van der Waals surface area contributed by atoms with Crippen LogP contribution in [0.4, 0.5) is 0 Å². The summed E-state index contributed by atoms with van der Waals surface area (Å²) in [4.78, 5) is 10.5. The molecular weight excluding hydrogens is 172 g/mol. The Morgan fingerprint density at radius 1 is 1.42 bits per heavy atom. The molecule has 0 unspecified atom stereocenters. The highest BCUT2D eigenvalue weighted by molar-refractivity contribution is 6.32. The molecule has 12 heavy (non-hydrogen) atoms. The van der Waals surface area contributed by atoms with E-state index in [1.54, 1.807) is 6.07 Å². The van der Waals surface area contributed by atoms with Crippen LogP contribution in [0.3, 0.4) is 0 Å². The van der Waals surface area contributed by atoms with E-state index in [1.807, 2.05) is 12.1 Å². The molecule has 62 valence electrons. The second-order valence-corrected chi connectivity index (χ2v) is 3.58. The van der Waals surface area contributed by atoms with Crippen molar-refractivity contribution in [3.63, 3.8) is 0 Å². The molecule has 0 spiro atoms. The SMILES string of the molecule is O=Cc1cc(C2CC2)ccc1Cl. The van der Waals surface area contributed by atoms with Crippen LogP contribution in [0.15, 0.2) is 18.2 Å². The second-order valence-electron chi connectivity index (χ2n) is 3.17. The molecule has 0 atom stereocenters. The Morgan fingerprint density at radius 3 is 2.75 bits per heavy atom. The van der Waals surface area contributed by atoms with Crippen LogP contribution in [0, 0.1) is 0 Å². The fourth-order valence-electron chi connectivity index (χ4n) is 1.32. The second kappa shape index (κ2) is 2.91. The molecule has 0 radical (unpaired) electrons. The Hall–Kier alpha value is -0.820. The molecule has 0 saturated heterocycles. The van der Waals surface area contributed by atoms with Crippen molar-refractivity contribution in [1.29, 1.82) is 0 Å². The van der Waals surface area contributed by atoms with Gasteiger partial charge in [-0.05, 0) is 36.5 Å². The van der Waals surface area contributed by atoms with Crippen LogP contribution in [0.25, 0.3) is 0 Å². The number of hydrogen-bond acceptors (Lipinski definition) is 1. The van der Waals surface area contributed by atoms with Crippen molar-refractivity contribution in [1.82, 2.24) is 0 Å². The molecule has 0 aliphatic heterocycles. The molecule has 2 rings (SSSR count). The molecule has 1 aromatic carbocycles. The van der Waals surface area contributed by atoms with E-state index in [4.69, 9.17) is 11.6 Å². The molecule has 2 heteroatoms. The normalized spacial score (nSPS) is 16.1. The summed E-state index contributed by atoms with van der Waals surface area (Å²) < 4.78 is 0. The van der Waals surface area contributed by atoms with Gasteiger partial charge in [0.15, 0.2) is 6.29 Å². The lowest BCUT2D eigenvalue weighted by molar-refractivity contribution is 0.112. The van der Waals surface area contributed by atoms with Crippen molar-refractivity contribution in [2.45, 2.75) is 18.8 Å². The summed E-state index contributed by atoms with van der Waals surface area (Å²) in [7, 11) is 0. The minimum absolute atomic E-state index is 0.550. The van der Waals surface area contributed by atoms with Crippen molar-refractivity contribution in [3.8, 4) is 0 Å². The Labute approximate surface area is 76.4 Å².